The van der Waals surface area contributed by atoms with Crippen molar-refractivity contribution >= 4 is 37.4 Å². The highest BCUT2D eigenvalue weighted by atomic mass is 19.1. The molecule has 0 atom stereocenters. The van der Waals surface area contributed by atoms with Crippen LogP contribution >= 0.6 is 0 Å². The first-order chi connectivity index (χ1) is 16.0. The van der Waals surface area contributed by atoms with Crippen LogP contribution in [-0.2, 0) is 18.3 Å². The van der Waals surface area contributed by atoms with Gasteiger partial charge in [0.05, 0.1) is 6.54 Å². The molecule has 2 aliphatic heterocycles. The van der Waals surface area contributed by atoms with Gasteiger partial charge in [-0.3, -0.25) is 0 Å². The van der Waals surface area contributed by atoms with Gasteiger partial charge in [-0.15, -0.1) is 0 Å². The summed E-state index contributed by atoms with van der Waals surface area (Å²) in [5, 5.41) is 2.55. The van der Waals surface area contributed by atoms with Crippen LogP contribution in [0.1, 0.15) is 29.5 Å². The van der Waals surface area contributed by atoms with E-state index in [1.807, 2.05) is 12.1 Å². The molecule has 0 spiro atoms. The fraction of sp³-hybridized carbons (Fsp3) is 0.435. The molecule has 0 radical (unpaired) electrons. The number of carbonyl (C=O) groups is 1. The number of hydrogen-bond acceptors (Lipinski definition) is 3. The standard InChI is InChI=1S/C23H31B4F2N3O2/c1-31-8-6-17(7-9-31)32(13-15-3-4-16(28)11-19(15)29)21(33)30-12-14-2-5-20-18(10-14)22(24,25)23(26,27)34-20/h2-5,10-11,17H,6-9,12-13,24-27H2,1H3,(H,30,33). The van der Waals surface area contributed by atoms with Gasteiger partial charge in [-0.2, -0.15) is 0 Å². The third-order valence-corrected chi connectivity index (χ3v) is 7.78. The molecule has 2 aromatic carbocycles. The topological polar surface area (TPSA) is 44.8 Å². The van der Waals surface area contributed by atoms with Crippen molar-refractivity contribution < 1.29 is 18.3 Å². The first-order valence-electron chi connectivity index (χ1n) is 12.0. The summed E-state index contributed by atoms with van der Waals surface area (Å²) in [7, 11) is 10.6. The summed E-state index contributed by atoms with van der Waals surface area (Å²) >= 11 is 0. The normalized spacial score (nSPS) is 19.3. The maximum absolute atomic E-state index is 14.4. The molecule has 5 nitrogen and oxygen atoms in total. The van der Waals surface area contributed by atoms with Gasteiger partial charge in [0, 0.05) is 29.6 Å². The average molecular weight is 463 g/mol. The van der Waals surface area contributed by atoms with Gasteiger partial charge in [-0.25, -0.2) is 13.6 Å². The Labute approximate surface area is 204 Å². The van der Waals surface area contributed by atoms with Crippen molar-refractivity contribution in [1.29, 1.82) is 0 Å². The third-order valence-electron chi connectivity index (χ3n) is 7.78. The third kappa shape index (κ3) is 4.85. The zero-order valence-electron chi connectivity index (χ0n) is 20.8. The number of benzene rings is 2. The van der Waals surface area contributed by atoms with Crippen LogP contribution in [0.2, 0.25) is 0 Å². The lowest BCUT2D eigenvalue weighted by Gasteiger charge is -2.37. The van der Waals surface area contributed by atoms with E-state index in [1.165, 1.54) is 12.1 Å². The minimum absolute atomic E-state index is 0.00574. The number of piperidine rings is 1. The number of amides is 2. The lowest BCUT2D eigenvalue weighted by atomic mass is 9.34. The monoisotopic (exact) mass is 463 g/mol. The molecule has 0 aromatic heterocycles. The van der Waals surface area contributed by atoms with E-state index in [0.717, 1.165) is 48.9 Å². The van der Waals surface area contributed by atoms with Crippen molar-refractivity contribution in [2.45, 2.75) is 42.6 Å². The highest BCUT2D eigenvalue weighted by Crippen LogP contribution is 2.43. The van der Waals surface area contributed by atoms with E-state index in [9.17, 15) is 13.6 Å². The van der Waals surface area contributed by atoms with Crippen LogP contribution in [0.15, 0.2) is 36.4 Å². The summed E-state index contributed by atoms with van der Waals surface area (Å²) < 4.78 is 33.9. The number of hydrogen-bond donors (Lipinski definition) is 1. The van der Waals surface area contributed by atoms with Crippen LogP contribution in [0.4, 0.5) is 13.6 Å². The predicted molar refractivity (Wildman–Crippen MR) is 140 cm³/mol. The van der Waals surface area contributed by atoms with Gasteiger partial charge in [0.2, 0.25) is 0 Å². The lowest BCUT2D eigenvalue weighted by molar-refractivity contribution is 0.126. The molecule has 2 heterocycles. The molecule has 34 heavy (non-hydrogen) atoms. The van der Waals surface area contributed by atoms with E-state index in [4.69, 9.17) is 4.74 Å². The Morgan fingerprint density at radius 3 is 2.53 bits per heavy atom. The molecular formula is C23H31B4F2N3O2. The maximum Gasteiger partial charge on any atom is 0.318 e. The number of ether oxygens (including phenoxy) is 1. The van der Waals surface area contributed by atoms with Gasteiger partial charge in [-0.05, 0) is 61.5 Å². The molecule has 0 unspecified atom stereocenters. The Hall–Kier alpha value is -2.41. The van der Waals surface area contributed by atoms with E-state index in [0.29, 0.717) is 12.1 Å². The highest BCUT2D eigenvalue weighted by Gasteiger charge is 2.46. The summed E-state index contributed by atoms with van der Waals surface area (Å²) in [6.45, 7) is 2.20. The summed E-state index contributed by atoms with van der Waals surface area (Å²) in [6.07, 6.45) is 1.62. The van der Waals surface area contributed by atoms with Crippen LogP contribution in [0, 0.1) is 11.6 Å². The highest BCUT2D eigenvalue weighted by molar-refractivity contribution is 6.54. The summed E-state index contributed by atoms with van der Waals surface area (Å²) in [5.74, 6) is -0.373. The molecule has 176 valence electrons. The molecule has 1 N–H and O–H groups in total. The zero-order valence-corrected chi connectivity index (χ0v) is 20.8. The second-order valence-electron chi connectivity index (χ2n) is 10.6. The molecule has 2 aromatic rings. The maximum atomic E-state index is 14.4. The Morgan fingerprint density at radius 2 is 1.85 bits per heavy atom. The molecule has 0 bridgehead atoms. The minimum atomic E-state index is -0.630. The number of nitrogens with zero attached hydrogens (tertiary/aromatic N) is 2. The van der Waals surface area contributed by atoms with Gasteiger partial charge < -0.3 is 19.9 Å². The summed E-state index contributed by atoms with van der Waals surface area (Å²) in [5.41, 5.74) is 2.43. The first kappa shape index (κ1) is 24.7. The Bertz CT molecular complexity index is 1080. The Kier molecular flexibility index (Phi) is 6.78. The molecule has 0 aliphatic carbocycles. The molecule has 2 aliphatic rings. The van der Waals surface area contributed by atoms with Crippen molar-refractivity contribution in [3.8, 4) is 5.75 Å². The second kappa shape index (κ2) is 9.33. The molecular weight excluding hydrogens is 432 g/mol. The number of fused-ring (bicyclic) bond motifs is 1. The molecule has 1 saturated heterocycles. The number of nitrogens with one attached hydrogen (secondary N) is 1. The van der Waals surface area contributed by atoms with Crippen molar-refractivity contribution in [2.75, 3.05) is 20.1 Å². The van der Waals surface area contributed by atoms with Crippen LogP contribution in [0.25, 0.3) is 0 Å². The summed E-state index contributed by atoms with van der Waals surface area (Å²) in [4.78, 5) is 17.2. The van der Waals surface area contributed by atoms with Gasteiger partial charge in [-0.1, -0.05) is 18.2 Å². The second-order valence-corrected chi connectivity index (χ2v) is 10.6. The Morgan fingerprint density at radius 1 is 1.15 bits per heavy atom. The van der Waals surface area contributed by atoms with Gasteiger partial charge in [0.25, 0.3) is 0 Å². The van der Waals surface area contributed by atoms with Crippen LogP contribution in [-0.4, -0.2) is 78.8 Å². The fourth-order valence-electron chi connectivity index (χ4n) is 4.78. The van der Waals surface area contributed by atoms with E-state index in [1.54, 1.807) is 4.90 Å². The Balaban J connectivity index is 1.50. The number of carbonyl (C=O) groups excluding carboxylic acids is 1. The molecule has 4 rings (SSSR count). The van der Waals surface area contributed by atoms with Crippen molar-refractivity contribution in [1.82, 2.24) is 15.1 Å². The van der Waals surface area contributed by atoms with Crippen LogP contribution < -0.4 is 10.1 Å². The molecule has 0 saturated carbocycles. The molecule has 2 amide bonds. The molecule has 1 fully saturated rings. The zero-order chi connectivity index (χ0) is 24.7. The minimum Gasteiger partial charge on any atom is -0.506 e. The van der Waals surface area contributed by atoms with E-state index in [2.05, 4.69) is 54.7 Å². The van der Waals surface area contributed by atoms with Crippen LogP contribution in [0.5, 0.6) is 5.75 Å². The van der Waals surface area contributed by atoms with Gasteiger partial charge in [0.1, 0.15) is 48.8 Å². The van der Waals surface area contributed by atoms with Gasteiger partial charge in [0.15, 0.2) is 0 Å². The smallest absolute Gasteiger partial charge is 0.318 e. The average Bonchev–Trinajstić information content (AvgIpc) is 2.96. The fourth-order valence-corrected chi connectivity index (χ4v) is 4.78. The van der Waals surface area contributed by atoms with Crippen molar-refractivity contribution in [2.24, 2.45) is 0 Å². The first-order valence-corrected chi connectivity index (χ1v) is 12.0. The number of likely N-dealkylation sites (tertiary alicyclic amines) is 1. The number of urea groups is 1. The number of rotatable bonds is 5. The van der Waals surface area contributed by atoms with Gasteiger partial charge >= 0.3 is 6.03 Å². The predicted octanol–water partition coefficient (Wildman–Crippen LogP) is -0.498. The van der Waals surface area contributed by atoms with Crippen LogP contribution in [0.3, 0.4) is 0 Å². The summed E-state index contributed by atoms with van der Waals surface area (Å²) in [6, 6.07) is 9.32. The number of halogens is 2. The quantitative estimate of drug-likeness (QED) is 0.610. The van der Waals surface area contributed by atoms with E-state index < -0.39 is 11.6 Å². The van der Waals surface area contributed by atoms with E-state index >= 15 is 0 Å². The van der Waals surface area contributed by atoms with Crippen molar-refractivity contribution in [3.63, 3.8) is 0 Å². The van der Waals surface area contributed by atoms with Crippen molar-refractivity contribution in [3.05, 3.63) is 64.7 Å². The SMILES string of the molecule is BC1(B)Oc2ccc(CNC(=O)N(Cc3ccc(F)cc3F)C3CCN(C)CC3)cc2C1(B)B. The largest absolute Gasteiger partial charge is 0.506 e. The van der Waals surface area contributed by atoms with E-state index in [-0.39, 0.29) is 29.2 Å². The lowest BCUT2D eigenvalue weighted by Crippen LogP contribution is -2.53. The molecule has 11 heteroatoms.